The second kappa shape index (κ2) is 6.09. The van der Waals surface area contributed by atoms with Gasteiger partial charge in [-0.05, 0) is 25.1 Å². The van der Waals surface area contributed by atoms with Crippen molar-refractivity contribution in [2.75, 3.05) is 5.32 Å². The summed E-state index contributed by atoms with van der Waals surface area (Å²) in [7, 11) is 0. The van der Waals surface area contributed by atoms with Gasteiger partial charge in [-0.15, -0.1) is 0 Å². The number of carbonyl (C=O) groups excluding carboxylic acids is 1. The Hall–Kier alpha value is -1.82. The molecule has 6 heteroatoms. The Kier molecular flexibility index (Phi) is 4.44. The largest absolute Gasteiger partial charge is 0.295 e. The standard InChI is InChI=1S/C14H13BrFN3O/c1-8(16)12-7-13(10-3-5-11(15)6-4-10)19-14(18-12)17-9(2)20/h3-8H,1-2H3,(H,17,18,19,20)/t8-/m1/s1. The molecule has 1 heterocycles. The lowest BCUT2D eigenvalue weighted by Crippen LogP contribution is -2.11. The Balaban J connectivity index is 2.48. The molecular weight excluding hydrogens is 325 g/mol. The molecule has 1 N–H and O–H groups in total. The number of rotatable bonds is 3. The minimum absolute atomic E-state index is 0.109. The molecule has 0 radical (unpaired) electrons. The van der Waals surface area contributed by atoms with Gasteiger partial charge in [0.05, 0.1) is 11.4 Å². The molecule has 0 unspecified atom stereocenters. The second-order valence-corrected chi connectivity index (χ2v) is 5.22. The molecule has 4 nitrogen and oxygen atoms in total. The van der Waals surface area contributed by atoms with Gasteiger partial charge in [0.2, 0.25) is 11.9 Å². The highest BCUT2D eigenvalue weighted by Gasteiger charge is 2.12. The third kappa shape index (κ3) is 3.60. The summed E-state index contributed by atoms with van der Waals surface area (Å²) in [5.41, 5.74) is 1.63. The van der Waals surface area contributed by atoms with Crippen molar-refractivity contribution < 1.29 is 9.18 Å². The lowest BCUT2D eigenvalue weighted by Gasteiger charge is -2.09. The first-order valence-electron chi connectivity index (χ1n) is 6.02. The van der Waals surface area contributed by atoms with Gasteiger partial charge in [0.15, 0.2) is 0 Å². The molecule has 0 aliphatic carbocycles. The van der Waals surface area contributed by atoms with Crippen LogP contribution in [0.3, 0.4) is 0 Å². The minimum atomic E-state index is -1.24. The summed E-state index contributed by atoms with van der Waals surface area (Å²) in [4.78, 5) is 19.3. The first-order valence-corrected chi connectivity index (χ1v) is 6.81. The monoisotopic (exact) mass is 337 g/mol. The summed E-state index contributed by atoms with van der Waals surface area (Å²) < 4.78 is 14.4. The maximum Gasteiger partial charge on any atom is 0.230 e. The zero-order chi connectivity index (χ0) is 14.7. The first-order chi connectivity index (χ1) is 9.45. The zero-order valence-corrected chi connectivity index (χ0v) is 12.6. The number of anilines is 1. The van der Waals surface area contributed by atoms with Crippen molar-refractivity contribution in [3.63, 3.8) is 0 Å². The average molecular weight is 338 g/mol. The topological polar surface area (TPSA) is 54.9 Å². The van der Waals surface area contributed by atoms with Crippen LogP contribution in [0.25, 0.3) is 11.3 Å². The van der Waals surface area contributed by atoms with E-state index in [0.717, 1.165) is 10.0 Å². The summed E-state index contributed by atoms with van der Waals surface area (Å²) in [5.74, 6) is -0.187. The highest BCUT2D eigenvalue weighted by molar-refractivity contribution is 9.10. The fourth-order valence-electron chi connectivity index (χ4n) is 1.65. The lowest BCUT2D eigenvalue weighted by atomic mass is 10.1. The van der Waals surface area contributed by atoms with Crippen molar-refractivity contribution in [1.29, 1.82) is 0 Å². The van der Waals surface area contributed by atoms with Crippen LogP contribution < -0.4 is 5.32 Å². The van der Waals surface area contributed by atoms with E-state index in [1.54, 1.807) is 6.07 Å². The third-order valence-corrected chi connectivity index (χ3v) is 3.11. The number of halogens is 2. The summed E-state index contributed by atoms with van der Waals surface area (Å²) in [5, 5.41) is 2.48. The van der Waals surface area contributed by atoms with Crippen molar-refractivity contribution >= 4 is 27.8 Å². The van der Waals surface area contributed by atoms with Gasteiger partial charge < -0.3 is 0 Å². The van der Waals surface area contributed by atoms with Crippen molar-refractivity contribution in [2.45, 2.75) is 20.0 Å². The Morgan fingerprint density at radius 3 is 2.50 bits per heavy atom. The smallest absolute Gasteiger partial charge is 0.230 e. The highest BCUT2D eigenvalue weighted by Crippen LogP contribution is 2.24. The van der Waals surface area contributed by atoms with Crippen LogP contribution in [0.5, 0.6) is 0 Å². The van der Waals surface area contributed by atoms with Crippen molar-refractivity contribution in [3.05, 3.63) is 40.5 Å². The van der Waals surface area contributed by atoms with E-state index in [4.69, 9.17) is 0 Å². The number of benzene rings is 1. The molecule has 0 saturated heterocycles. The van der Waals surface area contributed by atoms with E-state index in [1.165, 1.54) is 13.8 Å². The summed E-state index contributed by atoms with van der Waals surface area (Å²) in [6.45, 7) is 2.75. The third-order valence-electron chi connectivity index (χ3n) is 2.58. The number of amides is 1. The molecule has 0 aliphatic rings. The molecule has 2 aromatic rings. The Bertz CT molecular complexity index is 629. The van der Waals surface area contributed by atoms with E-state index in [9.17, 15) is 9.18 Å². The van der Waals surface area contributed by atoms with Gasteiger partial charge in [0.25, 0.3) is 0 Å². The number of alkyl halides is 1. The van der Waals surface area contributed by atoms with Crippen LogP contribution >= 0.6 is 15.9 Å². The predicted octanol–water partition coefficient (Wildman–Crippen LogP) is 3.90. The lowest BCUT2D eigenvalue weighted by molar-refractivity contribution is -0.114. The van der Waals surface area contributed by atoms with E-state index in [0.29, 0.717) is 5.69 Å². The number of nitrogens with zero attached hydrogens (tertiary/aromatic N) is 2. The molecule has 1 aromatic heterocycles. The molecule has 20 heavy (non-hydrogen) atoms. The molecular formula is C14H13BrFN3O. The van der Waals surface area contributed by atoms with Crippen LogP contribution in [-0.4, -0.2) is 15.9 Å². The van der Waals surface area contributed by atoms with Crippen LogP contribution in [0.4, 0.5) is 10.3 Å². The molecule has 2 rings (SSSR count). The van der Waals surface area contributed by atoms with Crippen LogP contribution in [0.1, 0.15) is 25.7 Å². The van der Waals surface area contributed by atoms with E-state index in [1.807, 2.05) is 24.3 Å². The van der Waals surface area contributed by atoms with Gasteiger partial charge in [0, 0.05) is 17.0 Å². The van der Waals surface area contributed by atoms with E-state index in [2.05, 4.69) is 31.2 Å². The van der Waals surface area contributed by atoms with E-state index >= 15 is 0 Å². The molecule has 0 fully saturated rings. The fraction of sp³-hybridized carbons (Fsp3) is 0.214. The van der Waals surface area contributed by atoms with Crippen LogP contribution in [-0.2, 0) is 4.79 Å². The van der Waals surface area contributed by atoms with E-state index in [-0.39, 0.29) is 17.5 Å². The van der Waals surface area contributed by atoms with Gasteiger partial charge in [0.1, 0.15) is 6.17 Å². The van der Waals surface area contributed by atoms with Crippen LogP contribution in [0.15, 0.2) is 34.8 Å². The molecule has 0 saturated carbocycles. The molecule has 0 spiro atoms. The van der Waals surface area contributed by atoms with Gasteiger partial charge in [-0.3, -0.25) is 10.1 Å². The Morgan fingerprint density at radius 2 is 1.95 bits per heavy atom. The molecule has 0 bridgehead atoms. The van der Waals surface area contributed by atoms with E-state index < -0.39 is 6.17 Å². The minimum Gasteiger partial charge on any atom is -0.295 e. The van der Waals surface area contributed by atoms with Gasteiger partial charge >= 0.3 is 0 Å². The highest BCUT2D eigenvalue weighted by atomic mass is 79.9. The normalized spacial score (nSPS) is 12.0. The van der Waals surface area contributed by atoms with Crippen molar-refractivity contribution in [2.24, 2.45) is 0 Å². The number of aromatic nitrogens is 2. The number of nitrogens with one attached hydrogen (secondary N) is 1. The van der Waals surface area contributed by atoms with Gasteiger partial charge in [-0.25, -0.2) is 14.4 Å². The van der Waals surface area contributed by atoms with Crippen LogP contribution in [0, 0.1) is 0 Å². The quantitative estimate of drug-likeness (QED) is 0.924. The van der Waals surface area contributed by atoms with Crippen molar-refractivity contribution in [1.82, 2.24) is 9.97 Å². The first kappa shape index (κ1) is 14.6. The molecule has 1 aromatic carbocycles. The predicted molar refractivity (Wildman–Crippen MR) is 79.0 cm³/mol. The molecule has 104 valence electrons. The number of hydrogen-bond donors (Lipinski definition) is 1. The molecule has 0 aliphatic heterocycles. The number of carbonyl (C=O) groups is 1. The summed E-state index contributed by atoms with van der Waals surface area (Å²) in [6.07, 6.45) is -1.24. The average Bonchev–Trinajstić information content (AvgIpc) is 2.38. The van der Waals surface area contributed by atoms with Gasteiger partial charge in [-0.1, -0.05) is 28.1 Å². The maximum atomic E-state index is 13.5. The maximum absolute atomic E-state index is 13.5. The summed E-state index contributed by atoms with van der Waals surface area (Å²) in [6, 6.07) is 9.04. The van der Waals surface area contributed by atoms with Gasteiger partial charge in [-0.2, -0.15) is 0 Å². The SMILES string of the molecule is CC(=O)Nc1nc(-c2ccc(Br)cc2)cc([C@@H](C)F)n1. The zero-order valence-electron chi connectivity index (χ0n) is 11.0. The second-order valence-electron chi connectivity index (χ2n) is 4.31. The molecule has 1 amide bonds. The van der Waals surface area contributed by atoms with Crippen LogP contribution in [0.2, 0.25) is 0 Å². The fourth-order valence-corrected chi connectivity index (χ4v) is 1.92. The number of hydrogen-bond acceptors (Lipinski definition) is 3. The molecule has 1 atom stereocenters. The summed E-state index contributed by atoms with van der Waals surface area (Å²) >= 11 is 3.35. The van der Waals surface area contributed by atoms with Crippen molar-refractivity contribution in [3.8, 4) is 11.3 Å². The Labute approximate surface area is 124 Å². The Morgan fingerprint density at radius 1 is 1.30 bits per heavy atom.